The number of amidine groups is 1. The molecule has 1 aliphatic heterocycles. The molecular weight excluding hydrogens is 212 g/mol. The van der Waals surface area contributed by atoms with Crippen molar-refractivity contribution >= 4 is 6.02 Å². The van der Waals surface area contributed by atoms with Gasteiger partial charge in [0.15, 0.2) is 0 Å². The van der Waals surface area contributed by atoms with Crippen molar-refractivity contribution in [3.8, 4) is 0 Å². The summed E-state index contributed by atoms with van der Waals surface area (Å²) in [4.78, 5) is 4.38. The topological polar surface area (TPSA) is 33.6 Å². The van der Waals surface area contributed by atoms with Crippen LogP contribution in [0.1, 0.15) is 51.9 Å². The lowest BCUT2D eigenvalue weighted by atomic mass is 9.83. The molecule has 0 amide bonds. The summed E-state index contributed by atoms with van der Waals surface area (Å²) in [5.74, 6) is 1.93. The number of unbranched alkanes of at least 4 members (excludes halogenated alkanes) is 1. The van der Waals surface area contributed by atoms with Crippen molar-refractivity contribution in [1.29, 1.82) is 0 Å². The lowest BCUT2D eigenvalue weighted by molar-refractivity contribution is 0.258. The van der Waals surface area contributed by atoms with Crippen molar-refractivity contribution < 1.29 is 4.74 Å². The third kappa shape index (κ3) is 2.16. The molecule has 3 atom stereocenters. The predicted octanol–water partition coefficient (Wildman–Crippen LogP) is 2.71. The average molecular weight is 236 g/mol. The van der Waals surface area contributed by atoms with E-state index in [9.17, 15) is 0 Å². The molecule has 2 fully saturated rings. The van der Waals surface area contributed by atoms with Gasteiger partial charge in [0.25, 0.3) is 6.02 Å². The third-order valence-corrected chi connectivity index (χ3v) is 4.85. The van der Waals surface area contributed by atoms with Crippen LogP contribution >= 0.6 is 0 Å². The van der Waals surface area contributed by atoms with Gasteiger partial charge in [-0.1, -0.05) is 26.2 Å². The molecule has 3 nitrogen and oxygen atoms in total. The Hall–Kier alpha value is -0.730. The Balaban J connectivity index is 1.60. The van der Waals surface area contributed by atoms with Crippen molar-refractivity contribution in [2.75, 3.05) is 13.2 Å². The second kappa shape index (κ2) is 4.51. The van der Waals surface area contributed by atoms with Gasteiger partial charge in [0, 0.05) is 5.54 Å². The average Bonchev–Trinajstić information content (AvgIpc) is 3.02. The Labute approximate surface area is 104 Å². The van der Waals surface area contributed by atoms with E-state index in [1.165, 1.54) is 44.9 Å². The van der Waals surface area contributed by atoms with Crippen molar-refractivity contribution in [1.82, 2.24) is 5.32 Å². The van der Waals surface area contributed by atoms with Crippen LogP contribution in [0.5, 0.6) is 0 Å². The second-order valence-corrected chi connectivity index (χ2v) is 6.05. The van der Waals surface area contributed by atoms with Crippen molar-refractivity contribution in [2.24, 2.45) is 16.8 Å². The van der Waals surface area contributed by atoms with Crippen LogP contribution < -0.4 is 5.32 Å². The summed E-state index contributed by atoms with van der Waals surface area (Å²) in [6.07, 6.45) is 9.59. The molecule has 3 heteroatoms. The molecule has 2 bridgehead atoms. The molecule has 0 aromatic heterocycles. The Morgan fingerprint density at radius 2 is 2.41 bits per heavy atom. The maximum absolute atomic E-state index is 5.52. The number of ether oxygens (including phenoxy) is 1. The SMILES string of the molecule is CCCCC1CC2(NC3=NCCO3)CCC1C2. The zero-order valence-corrected chi connectivity index (χ0v) is 10.9. The molecule has 1 N–H and O–H groups in total. The number of rotatable bonds is 4. The summed E-state index contributed by atoms with van der Waals surface area (Å²) >= 11 is 0. The van der Waals surface area contributed by atoms with Gasteiger partial charge in [-0.3, -0.25) is 0 Å². The molecule has 2 saturated carbocycles. The smallest absolute Gasteiger partial charge is 0.285 e. The van der Waals surface area contributed by atoms with Crippen molar-refractivity contribution in [2.45, 2.75) is 57.4 Å². The van der Waals surface area contributed by atoms with Crippen LogP contribution in [0.3, 0.4) is 0 Å². The number of hydrogen-bond acceptors (Lipinski definition) is 3. The summed E-state index contributed by atoms with van der Waals surface area (Å²) in [6.45, 7) is 3.89. The van der Waals surface area contributed by atoms with Gasteiger partial charge in [-0.2, -0.15) is 0 Å². The fraction of sp³-hybridized carbons (Fsp3) is 0.929. The highest BCUT2D eigenvalue weighted by Gasteiger charge is 2.50. The maximum atomic E-state index is 5.52. The first-order valence-electron chi connectivity index (χ1n) is 7.27. The van der Waals surface area contributed by atoms with Crippen LogP contribution in [0, 0.1) is 11.8 Å². The maximum Gasteiger partial charge on any atom is 0.285 e. The first-order valence-corrected chi connectivity index (χ1v) is 7.27. The number of aliphatic imine (C=N–C) groups is 1. The molecule has 2 aliphatic carbocycles. The quantitative estimate of drug-likeness (QED) is 0.814. The molecule has 0 radical (unpaired) electrons. The van der Waals surface area contributed by atoms with E-state index in [0.717, 1.165) is 31.0 Å². The van der Waals surface area contributed by atoms with E-state index < -0.39 is 0 Å². The predicted molar refractivity (Wildman–Crippen MR) is 69.1 cm³/mol. The first kappa shape index (κ1) is 11.4. The largest absolute Gasteiger partial charge is 0.463 e. The lowest BCUT2D eigenvalue weighted by Crippen LogP contribution is -2.45. The molecule has 0 aromatic rings. The van der Waals surface area contributed by atoms with E-state index in [1.807, 2.05) is 0 Å². The fourth-order valence-corrected chi connectivity index (χ4v) is 4.03. The summed E-state index contributed by atoms with van der Waals surface area (Å²) in [5, 5.41) is 3.62. The van der Waals surface area contributed by atoms with Crippen LogP contribution in [0.2, 0.25) is 0 Å². The van der Waals surface area contributed by atoms with Gasteiger partial charge in [-0.05, 0) is 37.5 Å². The summed E-state index contributed by atoms with van der Waals surface area (Å²) in [6, 6.07) is 0.821. The minimum atomic E-state index is 0.340. The monoisotopic (exact) mass is 236 g/mol. The van der Waals surface area contributed by atoms with E-state index in [0.29, 0.717) is 5.54 Å². The Morgan fingerprint density at radius 1 is 1.47 bits per heavy atom. The van der Waals surface area contributed by atoms with Gasteiger partial charge < -0.3 is 10.1 Å². The van der Waals surface area contributed by atoms with Gasteiger partial charge in [0.1, 0.15) is 6.61 Å². The highest BCUT2D eigenvalue weighted by atomic mass is 16.5. The summed E-state index contributed by atoms with van der Waals surface area (Å²) < 4.78 is 5.52. The minimum Gasteiger partial charge on any atom is -0.463 e. The molecule has 1 heterocycles. The molecular formula is C14H24N2O. The van der Waals surface area contributed by atoms with E-state index in [-0.39, 0.29) is 0 Å². The standard InChI is InChI=1S/C14H24N2O/c1-2-3-4-11-9-14(6-5-12(11)10-14)16-13-15-7-8-17-13/h11-12H,2-10H2,1H3,(H,15,16). The van der Waals surface area contributed by atoms with Gasteiger partial charge >= 0.3 is 0 Å². The van der Waals surface area contributed by atoms with Gasteiger partial charge in [-0.25, -0.2) is 4.99 Å². The van der Waals surface area contributed by atoms with Gasteiger partial charge in [0.2, 0.25) is 0 Å². The van der Waals surface area contributed by atoms with Crippen LogP contribution in [-0.2, 0) is 4.74 Å². The second-order valence-electron chi connectivity index (χ2n) is 6.05. The zero-order chi connectivity index (χ0) is 11.7. The summed E-state index contributed by atoms with van der Waals surface area (Å²) in [5.41, 5.74) is 0.340. The molecule has 0 saturated heterocycles. The Morgan fingerprint density at radius 3 is 3.18 bits per heavy atom. The normalized spacial score (nSPS) is 39.2. The fourth-order valence-electron chi connectivity index (χ4n) is 4.03. The Bertz CT molecular complexity index is 315. The molecule has 0 spiro atoms. The number of nitrogens with one attached hydrogen (secondary N) is 1. The van der Waals surface area contributed by atoms with E-state index in [1.54, 1.807) is 0 Å². The first-order chi connectivity index (χ1) is 8.31. The van der Waals surface area contributed by atoms with Crippen LogP contribution in [0.15, 0.2) is 4.99 Å². The van der Waals surface area contributed by atoms with Crippen molar-refractivity contribution in [3.63, 3.8) is 0 Å². The highest BCUT2D eigenvalue weighted by Crippen LogP contribution is 2.52. The highest BCUT2D eigenvalue weighted by molar-refractivity contribution is 5.75. The van der Waals surface area contributed by atoms with Crippen LogP contribution in [-0.4, -0.2) is 24.7 Å². The number of hydrogen-bond donors (Lipinski definition) is 1. The van der Waals surface area contributed by atoms with Crippen molar-refractivity contribution in [3.05, 3.63) is 0 Å². The van der Waals surface area contributed by atoms with Crippen LogP contribution in [0.4, 0.5) is 0 Å². The van der Waals surface area contributed by atoms with Crippen LogP contribution in [0.25, 0.3) is 0 Å². The number of nitrogens with zero attached hydrogens (tertiary/aromatic N) is 1. The third-order valence-electron chi connectivity index (χ3n) is 4.85. The Kier molecular flexibility index (Phi) is 3.01. The molecule has 96 valence electrons. The minimum absolute atomic E-state index is 0.340. The van der Waals surface area contributed by atoms with Gasteiger partial charge in [-0.15, -0.1) is 0 Å². The number of fused-ring (bicyclic) bond motifs is 2. The zero-order valence-electron chi connectivity index (χ0n) is 10.9. The van der Waals surface area contributed by atoms with Gasteiger partial charge in [0.05, 0.1) is 6.54 Å². The van der Waals surface area contributed by atoms with E-state index in [2.05, 4.69) is 17.2 Å². The molecule has 3 unspecified atom stereocenters. The molecule has 3 rings (SSSR count). The van der Waals surface area contributed by atoms with E-state index >= 15 is 0 Å². The van der Waals surface area contributed by atoms with E-state index in [4.69, 9.17) is 4.74 Å². The lowest BCUT2D eigenvalue weighted by Gasteiger charge is -2.31. The molecule has 0 aromatic carbocycles. The summed E-state index contributed by atoms with van der Waals surface area (Å²) in [7, 11) is 0. The molecule has 17 heavy (non-hydrogen) atoms. The molecule has 3 aliphatic rings.